The molecule has 0 atom stereocenters. The van der Waals surface area contributed by atoms with Crippen molar-refractivity contribution in [3.8, 4) is 23.0 Å². The van der Waals surface area contributed by atoms with Crippen LogP contribution in [0.2, 0.25) is 0 Å². The molecular formula is C10H6FIN2O3. The van der Waals surface area contributed by atoms with E-state index < -0.39 is 23.0 Å². The summed E-state index contributed by atoms with van der Waals surface area (Å²) in [5, 5.41) is 18.4. The maximum absolute atomic E-state index is 13.1. The maximum Gasteiger partial charge on any atom is 0.268 e. The molecule has 0 spiro atoms. The van der Waals surface area contributed by atoms with E-state index in [1.54, 1.807) is 22.6 Å². The zero-order chi connectivity index (χ0) is 12.6. The summed E-state index contributed by atoms with van der Waals surface area (Å²) >= 11 is 1.65. The highest BCUT2D eigenvalue weighted by molar-refractivity contribution is 14.1. The third-order valence-electron chi connectivity index (χ3n) is 2.07. The molecule has 1 aromatic heterocycles. The second-order valence-corrected chi connectivity index (χ2v) is 4.30. The molecule has 0 fully saturated rings. The molecule has 0 radical (unpaired) electrons. The second-order valence-electron chi connectivity index (χ2n) is 3.22. The Labute approximate surface area is 108 Å². The molecule has 2 rings (SSSR count). The molecule has 0 aliphatic heterocycles. The van der Waals surface area contributed by atoms with Crippen molar-refractivity contribution >= 4 is 22.6 Å². The Hall–Kier alpha value is -1.64. The van der Waals surface area contributed by atoms with Gasteiger partial charge in [0, 0.05) is 5.56 Å². The van der Waals surface area contributed by atoms with Crippen LogP contribution in [-0.4, -0.2) is 20.2 Å². The van der Waals surface area contributed by atoms with Gasteiger partial charge >= 0.3 is 0 Å². The number of aromatic hydroxyl groups is 2. The van der Waals surface area contributed by atoms with Gasteiger partial charge in [0.05, 0.1) is 0 Å². The van der Waals surface area contributed by atoms with Crippen LogP contribution in [0.1, 0.15) is 0 Å². The first-order chi connectivity index (χ1) is 7.99. The molecule has 1 aromatic carbocycles. The zero-order valence-electron chi connectivity index (χ0n) is 8.24. The van der Waals surface area contributed by atoms with Crippen LogP contribution in [0.15, 0.2) is 23.0 Å². The number of nitrogens with one attached hydrogen (secondary N) is 1. The van der Waals surface area contributed by atoms with Crippen LogP contribution in [0.3, 0.4) is 0 Å². The Balaban J connectivity index is 2.61. The fourth-order valence-electron chi connectivity index (χ4n) is 1.24. The average molecular weight is 348 g/mol. The Morgan fingerprint density at radius 1 is 1.35 bits per heavy atom. The van der Waals surface area contributed by atoms with Crippen molar-refractivity contribution in [2.75, 3.05) is 0 Å². The summed E-state index contributed by atoms with van der Waals surface area (Å²) in [7, 11) is 0. The number of benzene rings is 1. The summed E-state index contributed by atoms with van der Waals surface area (Å²) in [4.78, 5) is 17.5. The lowest BCUT2D eigenvalue weighted by Crippen LogP contribution is -2.12. The third-order valence-corrected chi connectivity index (χ3v) is 3.04. The Morgan fingerprint density at radius 2 is 2.06 bits per heavy atom. The number of hydrogen-bond acceptors (Lipinski definition) is 4. The summed E-state index contributed by atoms with van der Waals surface area (Å²) in [5.74, 6) is -1.71. The van der Waals surface area contributed by atoms with Crippen molar-refractivity contribution in [3.05, 3.63) is 37.9 Å². The summed E-state index contributed by atoms with van der Waals surface area (Å²) in [6, 6.07) is 3.53. The summed E-state index contributed by atoms with van der Waals surface area (Å²) in [6.07, 6.45) is 0. The molecule has 17 heavy (non-hydrogen) atoms. The number of rotatable bonds is 1. The van der Waals surface area contributed by atoms with E-state index in [9.17, 15) is 14.3 Å². The van der Waals surface area contributed by atoms with Crippen molar-refractivity contribution in [2.45, 2.75) is 0 Å². The van der Waals surface area contributed by atoms with Gasteiger partial charge in [-0.2, -0.15) is 4.98 Å². The molecule has 3 N–H and O–H groups in total. The van der Waals surface area contributed by atoms with Crippen molar-refractivity contribution in [1.82, 2.24) is 9.97 Å². The van der Waals surface area contributed by atoms with Gasteiger partial charge in [0.25, 0.3) is 5.56 Å². The SMILES string of the molecule is O=c1[nH]c(-c2ccc(O)c(F)c2)nc(O)c1I. The lowest BCUT2D eigenvalue weighted by Gasteiger charge is -2.03. The van der Waals surface area contributed by atoms with Crippen molar-refractivity contribution in [2.24, 2.45) is 0 Å². The molecule has 0 saturated carbocycles. The zero-order valence-corrected chi connectivity index (χ0v) is 10.4. The standard InChI is InChI=1S/C10H6FIN2O3/c11-5-3-4(1-2-6(5)15)8-13-9(16)7(12)10(17)14-8/h1-3,15H,(H2,13,14,16,17). The number of hydrogen-bond donors (Lipinski definition) is 3. The van der Waals surface area contributed by atoms with E-state index in [4.69, 9.17) is 5.11 Å². The van der Waals surface area contributed by atoms with Gasteiger partial charge in [-0.3, -0.25) is 4.79 Å². The number of aromatic amines is 1. The van der Waals surface area contributed by atoms with E-state index in [2.05, 4.69) is 9.97 Å². The number of phenolic OH excluding ortho intramolecular Hbond substituents is 1. The summed E-state index contributed by atoms with van der Waals surface area (Å²) < 4.78 is 13.2. The van der Waals surface area contributed by atoms with Gasteiger partial charge in [-0.15, -0.1) is 0 Å². The van der Waals surface area contributed by atoms with E-state index in [1.165, 1.54) is 6.07 Å². The molecule has 0 bridgehead atoms. The highest BCUT2D eigenvalue weighted by Crippen LogP contribution is 2.23. The van der Waals surface area contributed by atoms with Gasteiger partial charge in [0.15, 0.2) is 11.6 Å². The van der Waals surface area contributed by atoms with Crippen LogP contribution in [0, 0.1) is 9.39 Å². The third kappa shape index (κ3) is 2.23. The molecule has 0 aliphatic rings. The van der Waals surface area contributed by atoms with Crippen molar-refractivity contribution < 1.29 is 14.6 Å². The predicted octanol–water partition coefficient (Wildman–Crippen LogP) is 1.59. The van der Waals surface area contributed by atoms with E-state index in [1.807, 2.05) is 0 Å². The fraction of sp³-hybridized carbons (Fsp3) is 0. The first-order valence-electron chi connectivity index (χ1n) is 4.46. The normalized spacial score (nSPS) is 10.5. The number of H-pyrrole nitrogens is 1. The largest absolute Gasteiger partial charge is 0.505 e. The van der Waals surface area contributed by atoms with Crippen molar-refractivity contribution in [3.63, 3.8) is 0 Å². The van der Waals surface area contributed by atoms with Gasteiger partial charge in [-0.25, -0.2) is 4.39 Å². The van der Waals surface area contributed by atoms with Crippen LogP contribution >= 0.6 is 22.6 Å². The predicted molar refractivity (Wildman–Crippen MR) is 66.3 cm³/mol. The minimum atomic E-state index is -0.830. The molecule has 0 amide bonds. The van der Waals surface area contributed by atoms with Gasteiger partial charge in [-0.1, -0.05) is 0 Å². The lowest BCUT2D eigenvalue weighted by atomic mass is 10.2. The van der Waals surface area contributed by atoms with Crippen LogP contribution < -0.4 is 5.56 Å². The number of nitrogens with zero attached hydrogens (tertiary/aromatic N) is 1. The number of aromatic nitrogens is 2. The van der Waals surface area contributed by atoms with Gasteiger partial charge in [0.2, 0.25) is 5.88 Å². The Bertz CT molecular complexity index is 642. The first kappa shape index (κ1) is 11.8. The molecule has 1 heterocycles. The number of halogens is 2. The molecule has 0 unspecified atom stereocenters. The highest BCUT2D eigenvalue weighted by Gasteiger charge is 2.10. The van der Waals surface area contributed by atoms with Gasteiger partial charge < -0.3 is 15.2 Å². The van der Waals surface area contributed by atoms with Gasteiger partial charge in [-0.05, 0) is 40.8 Å². The summed E-state index contributed by atoms with van der Waals surface area (Å²) in [6.45, 7) is 0. The minimum Gasteiger partial charge on any atom is -0.505 e. The molecule has 7 heteroatoms. The molecule has 2 aromatic rings. The van der Waals surface area contributed by atoms with Crippen LogP contribution in [-0.2, 0) is 0 Å². The molecule has 88 valence electrons. The van der Waals surface area contributed by atoms with E-state index in [0.29, 0.717) is 0 Å². The molecule has 5 nitrogen and oxygen atoms in total. The molecule has 0 aliphatic carbocycles. The van der Waals surface area contributed by atoms with E-state index in [-0.39, 0.29) is 15.0 Å². The van der Waals surface area contributed by atoms with Gasteiger partial charge in [0.1, 0.15) is 9.39 Å². The monoisotopic (exact) mass is 348 g/mol. The van der Waals surface area contributed by atoms with Crippen LogP contribution in [0.5, 0.6) is 11.6 Å². The summed E-state index contributed by atoms with van der Waals surface area (Å²) in [5.41, 5.74) is -0.259. The second kappa shape index (κ2) is 4.32. The highest BCUT2D eigenvalue weighted by atomic mass is 127. The fourth-order valence-corrected chi connectivity index (χ4v) is 1.49. The molecular weight excluding hydrogens is 342 g/mol. The van der Waals surface area contributed by atoms with Crippen LogP contribution in [0.25, 0.3) is 11.4 Å². The average Bonchev–Trinajstić information content (AvgIpc) is 2.29. The van der Waals surface area contributed by atoms with Crippen molar-refractivity contribution in [1.29, 1.82) is 0 Å². The molecule has 0 saturated heterocycles. The smallest absolute Gasteiger partial charge is 0.268 e. The number of phenols is 1. The Morgan fingerprint density at radius 3 is 2.65 bits per heavy atom. The maximum atomic E-state index is 13.1. The van der Waals surface area contributed by atoms with E-state index >= 15 is 0 Å². The van der Waals surface area contributed by atoms with E-state index in [0.717, 1.165) is 12.1 Å². The Kier molecular flexibility index (Phi) is 3.01. The lowest BCUT2D eigenvalue weighted by molar-refractivity contribution is 0.432. The first-order valence-corrected chi connectivity index (χ1v) is 5.54. The quantitative estimate of drug-likeness (QED) is 0.684. The van der Waals surface area contributed by atoms with Crippen LogP contribution in [0.4, 0.5) is 4.39 Å². The minimum absolute atomic E-state index is 0.0341. The topological polar surface area (TPSA) is 86.2 Å².